The fourth-order valence-corrected chi connectivity index (χ4v) is 4.35. The Hall–Kier alpha value is -4.47. The Balaban J connectivity index is 1.40. The van der Waals surface area contributed by atoms with Crippen LogP contribution in [0.5, 0.6) is 0 Å². The maximum atomic E-state index is 13.3. The second-order valence-corrected chi connectivity index (χ2v) is 8.12. The number of hydrogen-bond donors (Lipinski definition) is 3. The molecule has 1 atom stereocenters. The van der Waals surface area contributed by atoms with Gasteiger partial charge in [-0.15, -0.1) is 0 Å². The molecule has 1 aromatic carbocycles. The summed E-state index contributed by atoms with van der Waals surface area (Å²) in [6, 6.07) is 7.82. The average Bonchev–Trinajstić information content (AvgIpc) is 3.58. The smallest absolute Gasteiger partial charge is 0.335 e. The summed E-state index contributed by atoms with van der Waals surface area (Å²) in [5, 5.41) is 19.3. The molecular weight excluding hydrogens is 438 g/mol. The van der Waals surface area contributed by atoms with E-state index in [0.29, 0.717) is 18.5 Å². The van der Waals surface area contributed by atoms with E-state index in [4.69, 9.17) is 4.42 Å². The van der Waals surface area contributed by atoms with Crippen molar-refractivity contribution in [3.05, 3.63) is 88.3 Å². The molecule has 34 heavy (non-hydrogen) atoms. The van der Waals surface area contributed by atoms with E-state index in [9.17, 15) is 19.5 Å². The zero-order valence-corrected chi connectivity index (χ0v) is 18.2. The molecule has 3 heterocycles. The standard InChI is InChI=1S/C24H21N5O5/c1-13-15-4-5-18(17(15)3-2-16(13)24(32)33)28-23(31)20-10-19(27-21-6-8-26-29(20)21)22(30)25-11-14-7-9-34-12-14/h2-3,6-10,12,18H,4-5,11H2,1H3,(H,25,30)(H,28,31)(H,32,33)/t18-/m0/s1. The molecule has 0 radical (unpaired) electrons. The topological polar surface area (TPSA) is 139 Å². The molecule has 3 aromatic heterocycles. The normalized spacial score (nSPS) is 14.7. The molecule has 4 aromatic rings. The molecule has 0 unspecified atom stereocenters. The predicted octanol–water partition coefficient (Wildman–Crippen LogP) is 2.68. The number of hydrogen-bond acceptors (Lipinski definition) is 6. The quantitative estimate of drug-likeness (QED) is 0.403. The predicted molar refractivity (Wildman–Crippen MR) is 120 cm³/mol. The summed E-state index contributed by atoms with van der Waals surface area (Å²) in [6.07, 6.45) is 5.88. The van der Waals surface area contributed by atoms with Gasteiger partial charge in [0, 0.05) is 24.2 Å². The summed E-state index contributed by atoms with van der Waals surface area (Å²) < 4.78 is 6.39. The van der Waals surface area contributed by atoms with Crippen LogP contribution in [0.15, 0.2) is 53.5 Å². The Kier molecular flexibility index (Phi) is 5.33. The highest BCUT2D eigenvalue weighted by atomic mass is 16.4. The van der Waals surface area contributed by atoms with Crippen LogP contribution >= 0.6 is 0 Å². The lowest BCUT2D eigenvalue weighted by Crippen LogP contribution is -2.30. The number of aromatic nitrogens is 3. The number of aromatic carboxylic acids is 1. The minimum Gasteiger partial charge on any atom is -0.478 e. The van der Waals surface area contributed by atoms with Crippen molar-refractivity contribution < 1.29 is 23.9 Å². The first-order valence-electron chi connectivity index (χ1n) is 10.7. The van der Waals surface area contributed by atoms with Crippen LogP contribution in [-0.4, -0.2) is 37.5 Å². The monoisotopic (exact) mass is 459 g/mol. The molecule has 5 rings (SSSR count). The van der Waals surface area contributed by atoms with Crippen molar-refractivity contribution in [2.75, 3.05) is 0 Å². The van der Waals surface area contributed by atoms with E-state index in [1.165, 1.54) is 29.3 Å². The largest absolute Gasteiger partial charge is 0.478 e. The van der Waals surface area contributed by atoms with E-state index in [1.807, 2.05) is 0 Å². The fourth-order valence-electron chi connectivity index (χ4n) is 4.35. The van der Waals surface area contributed by atoms with Gasteiger partial charge in [-0.2, -0.15) is 5.10 Å². The van der Waals surface area contributed by atoms with Gasteiger partial charge in [0.05, 0.1) is 30.3 Å². The lowest BCUT2D eigenvalue weighted by atomic mass is 9.98. The molecule has 1 aliphatic rings. The van der Waals surface area contributed by atoms with Gasteiger partial charge >= 0.3 is 5.97 Å². The van der Waals surface area contributed by atoms with Gasteiger partial charge in [0.15, 0.2) is 5.65 Å². The maximum absolute atomic E-state index is 13.3. The molecule has 2 amide bonds. The lowest BCUT2D eigenvalue weighted by Gasteiger charge is -2.16. The Labute approximate surface area is 193 Å². The van der Waals surface area contributed by atoms with Gasteiger partial charge in [-0.05, 0) is 48.6 Å². The van der Waals surface area contributed by atoms with E-state index in [2.05, 4.69) is 20.7 Å². The number of carboxylic acids is 1. The number of rotatable bonds is 6. The number of carbonyl (C=O) groups is 3. The van der Waals surface area contributed by atoms with Crippen molar-refractivity contribution in [2.24, 2.45) is 0 Å². The zero-order chi connectivity index (χ0) is 23.8. The number of nitrogens with zero attached hydrogens (tertiary/aromatic N) is 3. The van der Waals surface area contributed by atoms with Gasteiger partial charge in [-0.1, -0.05) is 6.07 Å². The maximum Gasteiger partial charge on any atom is 0.335 e. The minimum atomic E-state index is -0.968. The molecule has 0 fully saturated rings. The summed E-state index contributed by atoms with van der Waals surface area (Å²) in [7, 11) is 0. The molecule has 0 bridgehead atoms. The Bertz CT molecular complexity index is 1420. The first-order valence-corrected chi connectivity index (χ1v) is 10.7. The summed E-state index contributed by atoms with van der Waals surface area (Å²) in [4.78, 5) is 41.7. The second-order valence-electron chi connectivity index (χ2n) is 8.12. The second kappa shape index (κ2) is 8.47. The molecule has 1 aliphatic carbocycles. The number of carbonyl (C=O) groups excluding carboxylic acids is 2. The van der Waals surface area contributed by atoms with Crippen molar-refractivity contribution >= 4 is 23.4 Å². The van der Waals surface area contributed by atoms with Crippen LogP contribution in [0.1, 0.15) is 66.1 Å². The molecule has 0 aliphatic heterocycles. The SMILES string of the molecule is Cc1c(C(=O)O)ccc2c1CC[C@@H]2NC(=O)c1cc(C(=O)NCc2ccoc2)nc2ccnn12. The zero-order valence-electron chi connectivity index (χ0n) is 18.2. The first kappa shape index (κ1) is 21.4. The summed E-state index contributed by atoms with van der Waals surface area (Å²) >= 11 is 0. The van der Waals surface area contributed by atoms with Crippen molar-refractivity contribution in [1.29, 1.82) is 0 Å². The van der Waals surface area contributed by atoms with Crippen LogP contribution in [-0.2, 0) is 13.0 Å². The number of furan rings is 1. The third-order valence-electron chi connectivity index (χ3n) is 6.09. The Morgan fingerprint density at radius 3 is 2.82 bits per heavy atom. The van der Waals surface area contributed by atoms with Crippen LogP contribution in [0.3, 0.4) is 0 Å². The van der Waals surface area contributed by atoms with Gasteiger partial charge in [-0.3, -0.25) is 9.59 Å². The third kappa shape index (κ3) is 3.79. The van der Waals surface area contributed by atoms with Gasteiger partial charge in [0.25, 0.3) is 11.8 Å². The van der Waals surface area contributed by atoms with Crippen LogP contribution in [0.25, 0.3) is 5.65 Å². The molecule has 3 N–H and O–H groups in total. The molecule has 0 saturated carbocycles. The van der Waals surface area contributed by atoms with Crippen molar-refractivity contribution in [3.63, 3.8) is 0 Å². The number of amides is 2. The van der Waals surface area contributed by atoms with Gasteiger partial charge in [0.2, 0.25) is 0 Å². The molecule has 172 valence electrons. The highest BCUT2D eigenvalue weighted by Gasteiger charge is 2.28. The van der Waals surface area contributed by atoms with E-state index < -0.39 is 17.8 Å². The lowest BCUT2D eigenvalue weighted by molar-refractivity contribution is 0.0695. The number of carboxylic acid groups (broad SMARTS) is 1. The van der Waals surface area contributed by atoms with Gasteiger partial charge in [-0.25, -0.2) is 14.3 Å². The van der Waals surface area contributed by atoms with Crippen molar-refractivity contribution in [2.45, 2.75) is 32.4 Å². The Morgan fingerprint density at radius 1 is 1.21 bits per heavy atom. The summed E-state index contributed by atoms with van der Waals surface area (Å²) in [5.41, 5.74) is 4.28. The fraction of sp³-hybridized carbons (Fsp3) is 0.208. The number of nitrogens with one attached hydrogen (secondary N) is 2. The van der Waals surface area contributed by atoms with Crippen LogP contribution in [0.2, 0.25) is 0 Å². The van der Waals surface area contributed by atoms with E-state index >= 15 is 0 Å². The molecule has 10 heteroatoms. The highest BCUT2D eigenvalue weighted by Crippen LogP contribution is 2.34. The Morgan fingerprint density at radius 2 is 2.06 bits per heavy atom. The van der Waals surface area contributed by atoms with E-state index in [1.54, 1.807) is 31.2 Å². The highest BCUT2D eigenvalue weighted by molar-refractivity contribution is 5.98. The first-order chi connectivity index (χ1) is 16.4. The van der Waals surface area contributed by atoms with E-state index in [0.717, 1.165) is 22.3 Å². The molecular formula is C24H21N5O5. The molecule has 0 saturated heterocycles. The summed E-state index contributed by atoms with van der Waals surface area (Å²) in [5.74, 6) is -1.80. The number of benzene rings is 1. The van der Waals surface area contributed by atoms with Crippen LogP contribution in [0, 0.1) is 6.92 Å². The van der Waals surface area contributed by atoms with Crippen LogP contribution < -0.4 is 10.6 Å². The third-order valence-corrected chi connectivity index (χ3v) is 6.09. The van der Waals surface area contributed by atoms with E-state index in [-0.39, 0.29) is 29.5 Å². The van der Waals surface area contributed by atoms with Crippen LogP contribution in [0.4, 0.5) is 0 Å². The van der Waals surface area contributed by atoms with Gasteiger partial charge < -0.3 is 20.2 Å². The van der Waals surface area contributed by atoms with Gasteiger partial charge in [0.1, 0.15) is 11.4 Å². The summed E-state index contributed by atoms with van der Waals surface area (Å²) in [6.45, 7) is 2.05. The molecule has 0 spiro atoms. The number of fused-ring (bicyclic) bond motifs is 2. The minimum absolute atomic E-state index is 0.0930. The van der Waals surface area contributed by atoms with Crippen molar-refractivity contribution in [3.8, 4) is 0 Å². The average molecular weight is 459 g/mol. The van der Waals surface area contributed by atoms with Crippen molar-refractivity contribution in [1.82, 2.24) is 25.2 Å². The molecule has 10 nitrogen and oxygen atoms in total.